The normalized spacial score (nSPS) is 14.9. The number of hydrogen-bond acceptors (Lipinski definition) is 4. The van der Waals surface area contributed by atoms with Crippen molar-refractivity contribution in [2.45, 2.75) is 37.6 Å². The van der Waals surface area contributed by atoms with Crippen LogP contribution in [0, 0.1) is 0 Å². The molecule has 1 aliphatic rings. The third kappa shape index (κ3) is 4.81. The van der Waals surface area contributed by atoms with E-state index in [9.17, 15) is 18.0 Å². The van der Waals surface area contributed by atoms with Crippen LogP contribution < -0.4 is 9.62 Å². The van der Waals surface area contributed by atoms with Crippen LogP contribution in [0.25, 0.3) is 0 Å². The lowest BCUT2D eigenvalue weighted by Crippen LogP contribution is -2.46. The fourth-order valence-electron chi connectivity index (χ4n) is 3.60. The average Bonchev–Trinajstić information content (AvgIpc) is 2.75. The number of amides is 2. The maximum atomic E-state index is 13.0. The van der Waals surface area contributed by atoms with Gasteiger partial charge in [-0.25, -0.2) is 8.42 Å². The fraction of sp³-hybridized carbons (Fsp3) is 0.364. The molecule has 0 aliphatic carbocycles. The molecule has 8 heteroatoms. The number of para-hydroxylation sites is 1. The zero-order valence-corrected chi connectivity index (χ0v) is 18.1. The number of hydrogen-bond donors (Lipinski definition) is 1. The van der Waals surface area contributed by atoms with Crippen molar-refractivity contribution in [3.05, 3.63) is 60.2 Å². The molecule has 2 amide bonds. The van der Waals surface area contributed by atoms with Crippen LogP contribution in [0.3, 0.4) is 0 Å². The Morgan fingerprint density at radius 2 is 1.63 bits per heavy atom. The van der Waals surface area contributed by atoms with Crippen molar-refractivity contribution in [2.24, 2.45) is 0 Å². The Bertz CT molecular complexity index is 983. The molecule has 0 spiro atoms. The van der Waals surface area contributed by atoms with Gasteiger partial charge in [-0.05, 0) is 56.2 Å². The van der Waals surface area contributed by atoms with Crippen molar-refractivity contribution in [3.8, 4) is 0 Å². The molecule has 0 atom stereocenters. The van der Waals surface area contributed by atoms with Crippen LogP contribution in [0.5, 0.6) is 0 Å². The summed E-state index contributed by atoms with van der Waals surface area (Å²) >= 11 is 0. The third-order valence-electron chi connectivity index (χ3n) is 5.31. The summed E-state index contributed by atoms with van der Waals surface area (Å²) in [6.45, 7) is 4.89. The Labute approximate surface area is 177 Å². The third-order valence-corrected chi connectivity index (χ3v) is 7.23. The lowest BCUT2D eigenvalue weighted by atomic mass is 10.0. The van der Waals surface area contributed by atoms with Crippen LogP contribution in [0.2, 0.25) is 0 Å². The predicted molar refractivity (Wildman–Crippen MR) is 116 cm³/mol. The SMILES string of the molecule is CCN(c1ccccc1)S(=O)(=O)c1ccc(C(=O)NC2CCN(C(C)=O)CC2)cc1. The minimum Gasteiger partial charge on any atom is -0.349 e. The molecule has 0 unspecified atom stereocenters. The Balaban J connectivity index is 1.68. The van der Waals surface area contributed by atoms with Crippen LogP contribution in [-0.4, -0.2) is 50.8 Å². The summed E-state index contributed by atoms with van der Waals surface area (Å²) in [6, 6.07) is 14.9. The van der Waals surface area contributed by atoms with E-state index < -0.39 is 10.0 Å². The van der Waals surface area contributed by atoms with Crippen molar-refractivity contribution in [1.82, 2.24) is 10.2 Å². The topological polar surface area (TPSA) is 86.8 Å². The van der Waals surface area contributed by atoms with E-state index in [1.165, 1.54) is 28.6 Å². The smallest absolute Gasteiger partial charge is 0.264 e. The number of nitrogens with zero attached hydrogens (tertiary/aromatic N) is 2. The van der Waals surface area contributed by atoms with Gasteiger partial charge in [-0.1, -0.05) is 18.2 Å². The maximum absolute atomic E-state index is 13.0. The zero-order chi connectivity index (χ0) is 21.7. The molecule has 0 radical (unpaired) electrons. The number of nitrogens with one attached hydrogen (secondary N) is 1. The molecule has 160 valence electrons. The van der Waals surface area contributed by atoms with E-state index in [1.807, 2.05) is 6.07 Å². The highest BCUT2D eigenvalue weighted by molar-refractivity contribution is 7.92. The zero-order valence-electron chi connectivity index (χ0n) is 17.2. The number of piperidine rings is 1. The molecule has 7 nitrogen and oxygen atoms in total. The highest BCUT2D eigenvalue weighted by atomic mass is 32.2. The maximum Gasteiger partial charge on any atom is 0.264 e. The molecular formula is C22H27N3O4S. The Kier molecular flexibility index (Phi) is 6.77. The first-order valence-electron chi connectivity index (χ1n) is 10.1. The van der Waals surface area contributed by atoms with Gasteiger partial charge >= 0.3 is 0 Å². The van der Waals surface area contributed by atoms with Gasteiger partial charge < -0.3 is 10.2 Å². The van der Waals surface area contributed by atoms with Gasteiger partial charge in [0.25, 0.3) is 15.9 Å². The van der Waals surface area contributed by atoms with E-state index in [1.54, 1.807) is 43.0 Å². The Hall–Kier alpha value is -2.87. The molecule has 1 saturated heterocycles. The quantitative estimate of drug-likeness (QED) is 0.765. The van der Waals surface area contributed by atoms with Gasteiger partial charge in [0, 0.05) is 38.2 Å². The minimum atomic E-state index is -3.72. The molecule has 3 rings (SSSR count). The minimum absolute atomic E-state index is 0.00479. The average molecular weight is 430 g/mol. The summed E-state index contributed by atoms with van der Waals surface area (Å²) in [5.41, 5.74) is 1.00. The van der Waals surface area contributed by atoms with E-state index >= 15 is 0 Å². The molecule has 30 heavy (non-hydrogen) atoms. The molecular weight excluding hydrogens is 402 g/mol. The van der Waals surface area contributed by atoms with Crippen LogP contribution in [0.4, 0.5) is 5.69 Å². The second-order valence-corrected chi connectivity index (χ2v) is 9.15. The van der Waals surface area contributed by atoms with Crippen molar-refractivity contribution < 1.29 is 18.0 Å². The lowest BCUT2D eigenvalue weighted by Gasteiger charge is -2.31. The second kappa shape index (κ2) is 9.30. The summed E-state index contributed by atoms with van der Waals surface area (Å²) in [4.78, 5) is 25.9. The van der Waals surface area contributed by atoms with Gasteiger partial charge in [-0.2, -0.15) is 0 Å². The van der Waals surface area contributed by atoms with E-state index in [0.29, 0.717) is 43.7 Å². The molecule has 2 aromatic rings. The van der Waals surface area contributed by atoms with Crippen molar-refractivity contribution >= 4 is 27.5 Å². The number of carbonyl (C=O) groups is 2. The summed E-state index contributed by atoms with van der Waals surface area (Å²) in [6.07, 6.45) is 1.42. The van der Waals surface area contributed by atoms with E-state index in [4.69, 9.17) is 0 Å². The van der Waals surface area contributed by atoms with E-state index in [2.05, 4.69) is 5.32 Å². The lowest BCUT2D eigenvalue weighted by molar-refractivity contribution is -0.129. The van der Waals surface area contributed by atoms with Crippen molar-refractivity contribution in [2.75, 3.05) is 23.9 Å². The van der Waals surface area contributed by atoms with Crippen molar-refractivity contribution in [1.29, 1.82) is 0 Å². The summed E-state index contributed by atoms with van der Waals surface area (Å²) in [5, 5.41) is 2.98. The summed E-state index contributed by atoms with van der Waals surface area (Å²) in [7, 11) is -3.72. The van der Waals surface area contributed by atoms with Gasteiger partial charge in [0.1, 0.15) is 0 Å². The van der Waals surface area contributed by atoms with Gasteiger partial charge in [0.05, 0.1) is 10.6 Å². The molecule has 0 saturated carbocycles. The Morgan fingerprint density at radius 3 is 2.17 bits per heavy atom. The monoisotopic (exact) mass is 429 g/mol. The predicted octanol–water partition coefficient (Wildman–Crippen LogP) is 2.64. The summed E-state index contributed by atoms with van der Waals surface area (Å²) < 4.78 is 27.4. The molecule has 1 fully saturated rings. The van der Waals surface area contributed by atoms with Gasteiger partial charge in [-0.3, -0.25) is 13.9 Å². The highest BCUT2D eigenvalue weighted by Crippen LogP contribution is 2.23. The first-order chi connectivity index (χ1) is 14.3. The standard InChI is InChI=1S/C22H27N3O4S/c1-3-25(20-7-5-4-6-8-20)30(28,29)21-11-9-18(10-12-21)22(27)23-19-13-15-24(16-14-19)17(2)26/h4-12,19H,3,13-16H2,1-2H3,(H,23,27). The number of likely N-dealkylation sites (tertiary alicyclic amines) is 1. The fourth-order valence-corrected chi connectivity index (χ4v) is 5.07. The first-order valence-corrected chi connectivity index (χ1v) is 11.5. The molecule has 1 N–H and O–H groups in total. The van der Waals surface area contributed by atoms with Crippen LogP contribution in [0.1, 0.15) is 37.0 Å². The molecule has 1 heterocycles. The van der Waals surface area contributed by atoms with E-state index in [0.717, 1.165) is 0 Å². The Morgan fingerprint density at radius 1 is 1.03 bits per heavy atom. The molecule has 0 bridgehead atoms. The summed E-state index contributed by atoms with van der Waals surface area (Å²) in [5.74, 6) is -0.191. The molecule has 2 aromatic carbocycles. The molecule has 0 aromatic heterocycles. The highest BCUT2D eigenvalue weighted by Gasteiger charge is 2.25. The van der Waals surface area contributed by atoms with Crippen molar-refractivity contribution in [3.63, 3.8) is 0 Å². The number of carbonyl (C=O) groups excluding carboxylic acids is 2. The molecule has 1 aliphatic heterocycles. The van der Waals surface area contributed by atoms with Gasteiger partial charge in [0.15, 0.2) is 0 Å². The largest absolute Gasteiger partial charge is 0.349 e. The first kappa shape index (κ1) is 21.8. The van der Waals surface area contributed by atoms with Gasteiger partial charge in [-0.15, -0.1) is 0 Å². The van der Waals surface area contributed by atoms with Crippen LogP contribution >= 0.6 is 0 Å². The number of sulfonamides is 1. The number of benzene rings is 2. The second-order valence-electron chi connectivity index (χ2n) is 7.28. The number of rotatable bonds is 6. The van der Waals surface area contributed by atoms with Crippen LogP contribution in [0.15, 0.2) is 59.5 Å². The van der Waals surface area contributed by atoms with E-state index in [-0.39, 0.29) is 22.8 Å². The van der Waals surface area contributed by atoms with Gasteiger partial charge in [0.2, 0.25) is 5.91 Å². The van der Waals surface area contributed by atoms with Crippen LogP contribution in [-0.2, 0) is 14.8 Å². The number of anilines is 1.